The van der Waals surface area contributed by atoms with Crippen molar-refractivity contribution in [3.63, 3.8) is 0 Å². The Kier molecular flexibility index (Phi) is 15.8. The van der Waals surface area contributed by atoms with Crippen LogP contribution >= 0.6 is 42.4 Å². The number of hydrogen-bond acceptors (Lipinski definition) is 4. The van der Waals surface area contributed by atoms with Gasteiger partial charge in [0, 0.05) is 0 Å². The molecule has 0 aliphatic carbocycles. The summed E-state index contributed by atoms with van der Waals surface area (Å²) in [5, 5.41) is 8.46. The Hall–Kier alpha value is -2.97. The molecular formula is C42H42Br2MoN2O2P2. The number of hydrogen-bond donors (Lipinski definition) is 0. The summed E-state index contributed by atoms with van der Waals surface area (Å²) >= 11 is 2.11. The topological polar surface area (TPSA) is 58.9 Å². The maximum absolute atomic E-state index is 9.50. The van der Waals surface area contributed by atoms with E-state index in [0.29, 0.717) is 0 Å². The van der Waals surface area contributed by atoms with E-state index in [4.69, 9.17) is 0 Å². The van der Waals surface area contributed by atoms with Crippen LogP contribution in [0.3, 0.4) is 0 Å². The van der Waals surface area contributed by atoms with Crippen LogP contribution in [0.25, 0.3) is 0 Å². The standard InChI is InChI=1S/2C21H21P.2BrH.Mo.2NO/c2*1-16-4-10-19(11-5-16)22(20-12-6-17(2)7-13-20)21-14-8-18(3)9-15-21;;;;2*1-2/h2*4-15H,1-3H3;2*1H;;;/q;;;;+4;2*-1/p-2. The second-order valence-electron chi connectivity index (χ2n) is 12.2. The van der Waals surface area contributed by atoms with Gasteiger partial charge < -0.3 is 0 Å². The summed E-state index contributed by atoms with van der Waals surface area (Å²) in [6, 6.07) is 53.9. The quantitative estimate of drug-likeness (QED) is 0.0868. The first kappa shape index (κ1) is 40.8. The molecule has 51 heavy (non-hydrogen) atoms. The minimum atomic E-state index is -3.34. The Balaban J connectivity index is 0.000000193. The summed E-state index contributed by atoms with van der Waals surface area (Å²) in [7, 11) is -0.966. The molecule has 0 spiro atoms. The molecule has 0 N–H and O–H groups in total. The maximum atomic E-state index is 9.50. The Labute approximate surface area is 322 Å². The van der Waals surface area contributed by atoms with Crippen molar-refractivity contribution in [1.29, 1.82) is 0 Å². The fraction of sp³-hybridized carbons (Fsp3) is 0.143. The molecule has 6 aromatic rings. The van der Waals surface area contributed by atoms with Gasteiger partial charge in [0.1, 0.15) is 0 Å². The van der Waals surface area contributed by atoms with Gasteiger partial charge in [-0.3, -0.25) is 0 Å². The van der Waals surface area contributed by atoms with E-state index in [9.17, 15) is 9.81 Å². The molecule has 4 nitrogen and oxygen atoms in total. The average molecular weight is 925 g/mol. The molecule has 0 aromatic heterocycles. The predicted molar refractivity (Wildman–Crippen MR) is 228 cm³/mol. The van der Waals surface area contributed by atoms with Crippen LogP contribution in [-0.2, 0) is 12.4 Å². The number of benzene rings is 6. The van der Waals surface area contributed by atoms with Crippen molar-refractivity contribution in [2.24, 2.45) is 7.47 Å². The zero-order valence-electron chi connectivity index (χ0n) is 29.6. The second-order valence-corrected chi connectivity index (χ2v) is 35.3. The Bertz CT molecular complexity index is 1630. The van der Waals surface area contributed by atoms with Crippen LogP contribution in [0.15, 0.2) is 153 Å². The van der Waals surface area contributed by atoms with E-state index < -0.39 is 28.3 Å². The summed E-state index contributed by atoms with van der Waals surface area (Å²) in [4.78, 5) is 19.0. The molecule has 0 saturated heterocycles. The molecule has 0 saturated carbocycles. The van der Waals surface area contributed by atoms with E-state index >= 15 is 0 Å². The summed E-state index contributed by atoms with van der Waals surface area (Å²) in [5.74, 6) is 0. The van der Waals surface area contributed by atoms with E-state index in [-0.39, 0.29) is 0 Å². The van der Waals surface area contributed by atoms with Gasteiger partial charge in [-0.25, -0.2) is 0 Å². The van der Waals surface area contributed by atoms with Crippen LogP contribution in [-0.4, -0.2) is 0 Å². The van der Waals surface area contributed by atoms with Crippen LogP contribution in [0.5, 0.6) is 0 Å². The summed E-state index contributed by atoms with van der Waals surface area (Å²) < 4.78 is 4.87. The molecule has 6 aromatic carbocycles. The van der Waals surface area contributed by atoms with Crippen molar-refractivity contribution in [2.75, 3.05) is 0 Å². The molecule has 0 bridgehead atoms. The first-order valence-corrected chi connectivity index (χ1v) is 30.0. The van der Waals surface area contributed by atoms with Crippen LogP contribution < -0.4 is 31.8 Å². The van der Waals surface area contributed by atoms with E-state index in [1.54, 1.807) is 0 Å². The van der Waals surface area contributed by atoms with E-state index in [1.807, 2.05) is 0 Å². The van der Waals surface area contributed by atoms with Crippen molar-refractivity contribution in [3.8, 4) is 0 Å². The molecule has 0 radical (unpaired) electrons. The van der Waals surface area contributed by atoms with E-state index in [2.05, 4.69) is 221 Å². The average Bonchev–Trinajstić information content (AvgIpc) is 3.14. The molecule has 0 aliphatic heterocycles. The monoisotopic (exact) mass is 924 g/mol. The molecule has 0 aliphatic rings. The van der Waals surface area contributed by atoms with E-state index in [1.165, 1.54) is 65.2 Å². The molecule has 0 heterocycles. The molecule has 9 heteroatoms. The second kappa shape index (κ2) is 19.7. The Morgan fingerprint density at radius 1 is 0.333 bits per heavy atom. The fourth-order valence-corrected chi connectivity index (χ4v) is 9.61. The number of rotatable bonds is 8. The third-order valence-electron chi connectivity index (χ3n) is 7.93. The first-order chi connectivity index (χ1) is 24.4. The zero-order chi connectivity index (χ0) is 37.0. The van der Waals surface area contributed by atoms with Gasteiger partial charge in [-0.05, 0) is 89.2 Å². The summed E-state index contributed by atoms with van der Waals surface area (Å²) in [6.07, 6.45) is 0. The zero-order valence-corrected chi connectivity index (χ0v) is 36.6. The number of aryl methyl sites for hydroxylation is 6. The summed E-state index contributed by atoms with van der Waals surface area (Å²) in [6.45, 7) is 12.9. The van der Waals surface area contributed by atoms with Gasteiger partial charge in [0.05, 0.1) is 0 Å². The van der Waals surface area contributed by atoms with Gasteiger partial charge in [-0.15, -0.1) is 0 Å². The molecule has 0 unspecified atom stereocenters. The fourth-order valence-electron chi connectivity index (χ4n) is 5.07. The Morgan fingerprint density at radius 2 is 0.471 bits per heavy atom. The third kappa shape index (κ3) is 12.6. The molecular weight excluding hydrogens is 882 g/mol. The minimum absolute atomic E-state index is 0.483. The number of nitrogens with zero attached hydrogens (tertiary/aromatic N) is 2. The van der Waals surface area contributed by atoms with Gasteiger partial charge in [0.2, 0.25) is 0 Å². The van der Waals surface area contributed by atoms with Crippen LogP contribution in [0.4, 0.5) is 0 Å². The van der Waals surface area contributed by atoms with Gasteiger partial charge in [-0.2, -0.15) is 0 Å². The van der Waals surface area contributed by atoms with Crippen molar-refractivity contribution in [1.82, 2.24) is 0 Å². The van der Waals surface area contributed by atoms with Crippen molar-refractivity contribution in [2.45, 2.75) is 41.5 Å². The van der Waals surface area contributed by atoms with Crippen LogP contribution in [0.1, 0.15) is 33.4 Å². The van der Waals surface area contributed by atoms with Crippen LogP contribution in [0, 0.1) is 51.4 Å². The van der Waals surface area contributed by atoms with Gasteiger partial charge >= 0.3 is 56.3 Å². The molecule has 6 rings (SSSR count). The SMILES string of the molecule is Cc1ccc(P(c2ccc(C)cc2)c2ccc(C)cc2)cc1.Cc1ccc(P(c2ccc(C)cc2)c2ccc(C)cc2)cc1.O=[N][Mo]([Br])([Br])[N]=O. The molecule has 0 fully saturated rings. The molecule has 0 amide bonds. The molecule has 0 atom stereocenters. The van der Waals surface area contributed by atoms with Crippen molar-refractivity contribution >= 4 is 74.3 Å². The summed E-state index contributed by atoms with van der Waals surface area (Å²) in [5.41, 5.74) is 7.87. The predicted octanol–water partition coefficient (Wildman–Crippen LogP) is 10.9. The van der Waals surface area contributed by atoms with Crippen LogP contribution in [0.2, 0.25) is 0 Å². The normalized spacial score (nSPS) is 11.2. The van der Waals surface area contributed by atoms with Gasteiger partial charge in [0.25, 0.3) is 0 Å². The van der Waals surface area contributed by atoms with Crippen molar-refractivity contribution in [3.05, 3.63) is 189 Å². The number of halogens is 2. The van der Waals surface area contributed by atoms with Gasteiger partial charge in [0.15, 0.2) is 0 Å². The first-order valence-electron chi connectivity index (χ1n) is 16.3. The number of nitroso groups, excluding NO2 is 2. The third-order valence-corrected chi connectivity index (χ3v) is 16.5. The van der Waals surface area contributed by atoms with Gasteiger partial charge in [-0.1, -0.05) is 179 Å². The van der Waals surface area contributed by atoms with Crippen molar-refractivity contribution < 1.29 is 12.4 Å². The van der Waals surface area contributed by atoms with E-state index in [0.717, 1.165) is 0 Å². The molecule has 262 valence electrons. The Morgan fingerprint density at radius 3 is 0.569 bits per heavy atom.